The molecule has 5 rings (SSSR count). The number of urea groups is 1. The molecule has 3 heterocycles. The van der Waals surface area contributed by atoms with E-state index in [9.17, 15) is 9.59 Å². The molecule has 0 aromatic heterocycles. The van der Waals surface area contributed by atoms with Gasteiger partial charge in [-0.15, -0.1) is 0 Å². The van der Waals surface area contributed by atoms with Crippen LogP contribution >= 0.6 is 0 Å². The number of piperazine rings is 1. The largest absolute Gasteiger partial charge is 0.492 e. The van der Waals surface area contributed by atoms with E-state index in [2.05, 4.69) is 33.3 Å². The van der Waals surface area contributed by atoms with Crippen molar-refractivity contribution in [3.05, 3.63) is 59.7 Å². The van der Waals surface area contributed by atoms with E-state index in [-0.39, 0.29) is 11.9 Å². The minimum atomic E-state index is -0.0654. The third kappa shape index (κ3) is 7.00. The Morgan fingerprint density at radius 3 is 2.41 bits per heavy atom. The van der Waals surface area contributed by atoms with Gasteiger partial charge < -0.3 is 19.7 Å². The Morgan fingerprint density at radius 2 is 1.68 bits per heavy atom. The molecule has 3 amide bonds. The van der Waals surface area contributed by atoms with Gasteiger partial charge in [-0.2, -0.15) is 0 Å². The highest BCUT2D eigenvalue weighted by Crippen LogP contribution is 2.19. The number of hydrogen-bond donors (Lipinski definition) is 1. The summed E-state index contributed by atoms with van der Waals surface area (Å²) in [5.41, 5.74) is 3.11. The molecule has 3 aliphatic heterocycles. The van der Waals surface area contributed by atoms with Gasteiger partial charge in [-0.05, 0) is 35.4 Å². The molecular formula is C28H37N5O4. The number of nitrogens with one attached hydrogen (secondary N) is 1. The molecule has 2 aromatic carbocycles. The molecule has 0 aliphatic carbocycles. The second-order valence-corrected chi connectivity index (χ2v) is 9.83. The summed E-state index contributed by atoms with van der Waals surface area (Å²) >= 11 is 0. The molecular weight excluding hydrogens is 470 g/mol. The van der Waals surface area contributed by atoms with Crippen molar-refractivity contribution in [3.8, 4) is 5.75 Å². The van der Waals surface area contributed by atoms with Crippen LogP contribution in [0.15, 0.2) is 48.5 Å². The Hall–Kier alpha value is -3.14. The van der Waals surface area contributed by atoms with Crippen molar-refractivity contribution >= 4 is 17.6 Å². The van der Waals surface area contributed by atoms with Crippen LogP contribution in [0.4, 0.5) is 10.5 Å². The maximum absolute atomic E-state index is 12.8. The first-order valence-electron chi connectivity index (χ1n) is 13.3. The van der Waals surface area contributed by atoms with E-state index in [1.807, 2.05) is 35.2 Å². The minimum absolute atomic E-state index is 0.0654. The molecule has 198 valence electrons. The van der Waals surface area contributed by atoms with E-state index < -0.39 is 0 Å². The van der Waals surface area contributed by atoms with Gasteiger partial charge in [0.25, 0.3) is 0 Å². The van der Waals surface area contributed by atoms with Crippen molar-refractivity contribution in [1.29, 1.82) is 0 Å². The topological polar surface area (TPSA) is 77.6 Å². The van der Waals surface area contributed by atoms with Crippen LogP contribution in [0.2, 0.25) is 0 Å². The normalized spacial score (nSPS) is 19.2. The number of carbonyl (C=O) groups excluding carboxylic acids is 2. The number of carbonyl (C=O) groups is 2. The van der Waals surface area contributed by atoms with Crippen molar-refractivity contribution in [3.63, 3.8) is 0 Å². The van der Waals surface area contributed by atoms with Crippen LogP contribution in [0.1, 0.15) is 11.1 Å². The maximum Gasteiger partial charge on any atom is 0.321 e. The van der Waals surface area contributed by atoms with Gasteiger partial charge in [0.15, 0.2) is 0 Å². The lowest BCUT2D eigenvalue weighted by molar-refractivity contribution is -0.132. The number of morpholine rings is 1. The van der Waals surface area contributed by atoms with E-state index in [0.717, 1.165) is 82.6 Å². The Balaban J connectivity index is 1.01. The Bertz CT molecular complexity index is 1050. The van der Waals surface area contributed by atoms with Gasteiger partial charge in [0.2, 0.25) is 5.91 Å². The van der Waals surface area contributed by atoms with Crippen LogP contribution in [0.3, 0.4) is 0 Å². The lowest BCUT2D eigenvalue weighted by Crippen LogP contribution is -2.49. The van der Waals surface area contributed by atoms with Gasteiger partial charge in [0.1, 0.15) is 12.4 Å². The number of amides is 3. The van der Waals surface area contributed by atoms with Crippen LogP contribution in [-0.4, -0.2) is 105 Å². The zero-order valence-corrected chi connectivity index (χ0v) is 21.4. The molecule has 2 aromatic rings. The zero-order chi connectivity index (χ0) is 25.5. The summed E-state index contributed by atoms with van der Waals surface area (Å²) in [7, 11) is 0. The molecule has 3 aliphatic rings. The number of rotatable bonds is 9. The summed E-state index contributed by atoms with van der Waals surface area (Å²) < 4.78 is 11.5. The molecule has 0 saturated carbocycles. The predicted octanol–water partition coefficient (Wildman–Crippen LogP) is 1.81. The van der Waals surface area contributed by atoms with Crippen molar-refractivity contribution < 1.29 is 19.1 Å². The van der Waals surface area contributed by atoms with Gasteiger partial charge in [-0.1, -0.05) is 24.3 Å². The summed E-state index contributed by atoms with van der Waals surface area (Å²) in [6, 6.07) is 16.0. The van der Waals surface area contributed by atoms with Gasteiger partial charge in [-0.3, -0.25) is 19.5 Å². The average molecular weight is 508 g/mol. The van der Waals surface area contributed by atoms with Crippen molar-refractivity contribution in [2.24, 2.45) is 0 Å². The lowest BCUT2D eigenvalue weighted by Gasteiger charge is -2.34. The first kappa shape index (κ1) is 25.5. The number of anilines is 1. The highest BCUT2D eigenvalue weighted by atomic mass is 16.5. The van der Waals surface area contributed by atoms with Gasteiger partial charge >= 0.3 is 6.03 Å². The van der Waals surface area contributed by atoms with Gasteiger partial charge in [0.05, 0.1) is 19.6 Å². The quantitative estimate of drug-likeness (QED) is 0.558. The fourth-order valence-corrected chi connectivity index (χ4v) is 5.06. The van der Waals surface area contributed by atoms with Crippen LogP contribution in [0.25, 0.3) is 0 Å². The second kappa shape index (κ2) is 12.4. The van der Waals surface area contributed by atoms with E-state index in [1.165, 1.54) is 5.56 Å². The third-order valence-corrected chi connectivity index (χ3v) is 7.27. The SMILES string of the molecule is O=C(Cc1ccc(N2CCNC2=O)cc1)N1CCN(CCOc2cccc(CN3CCOCC3)c2)CC1. The molecule has 0 radical (unpaired) electrons. The Labute approximate surface area is 218 Å². The molecule has 9 heteroatoms. The van der Waals surface area contributed by atoms with Gasteiger partial charge in [-0.25, -0.2) is 4.79 Å². The van der Waals surface area contributed by atoms with Crippen molar-refractivity contribution in [1.82, 2.24) is 20.0 Å². The Morgan fingerprint density at radius 1 is 0.892 bits per heavy atom. The standard InChI is InChI=1S/C28H37N5O4/c34-27(21-23-4-6-25(7-5-23)33-9-8-29-28(33)35)32-12-10-30(11-13-32)16-19-37-26-3-1-2-24(20-26)22-31-14-17-36-18-15-31/h1-7,20H,8-19,21-22H2,(H,29,35). The molecule has 9 nitrogen and oxygen atoms in total. The fraction of sp³-hybridized carbons (Fsp3) is 0.500. The fourth-order valence-electron chi connectivity index (χ4n) is 5.06. The first-order chi connectivity index (χ1) is 18.1. The summed E-state index contributed by atoms with van der Waals surface area (Å²) in [5.74, 6) is 1.07. The monoisotopic (exact) mass is 507 g/mol. The van der Waals surface area contributed by atoms with E-state index in [1.54, 1.807) is 4.90 Å². The number of benzene rings is 2. The zero-order valence-electron chi connectivity index (χ0n) is 21.4. The van der Waals surface area contributed by atoms with Crippen molar-refractivity contribution in [2.45, 2.75) is 13.0 Å². The molecule has 0 bridgehead atoms. The highest BCUT2D eigenvalue weighted by Gasteiger charge is 2.23. The number of nitrogens with zero attached hydrogens (tertiary/aromatic N) is 4. The number of ether oxygens (including phenoxy) is 2. The summed E-state index contributed by atoms with van der Waals surface area (Å²) in [4.78, 5) is 33.1. The molecule has 0 atom stereocenters. The third-order valence-electron chi connectivity index (χ3n) is 7.27. The van der Waals surface area contributed by atoms with Gasteiger partial charge in [0, 0.05) is 71.1 Å². The predicted molar refractivity (Wildman–Crippen MR) is 142 cm³/mol. The molecule has 3 fully saturated rings. The van der Waals surface area contributed by atoms with Crippen molar-refractivity contribution in [2.75, 3.05) is 83.6 Å². The first-order valence-corrected chi connectivity index (χ1v) is 13.3. The molecule has 1 N–H and O–H groups in total. The van der Waals surface area contributed by atoms with Crippen LogP contribution in [0.5, 0.6) is 5.75 Å². The Kier molecular flexibility index (Phi) is 8.55. The summed E-state index contributed by atoms with van der Waals surface area (Å²) in [6.07, 6.45) is 0.385. The summed E-state index contributed by atoms with van der Waals surface area (Å²) in [5, 5.41) is 2.81. The smallest absolute Gasteiger partial charge is 0.321 e. The minimum Gasteiger partial charge on any atom is -0.492 e. The van der Waals surface area contributed by atoms with E-state index >= 15 is 0 Å². The lowest BCUT2D eigenvalue weighted by atomic mass is 10.1. The summed E-state index contributed by atoms with van der Waals surface area (Å²) in [6.45, 7) is 10.5. The van der Waals surface area contributed by atoms with Crippen LogP contribution in [0, 0.1) is 0 Å². The highest BCUT2D eigenvalue weighted by molar-refractivity contribution is 5.94. The number of hydrogen-bond acceptors (Lipinski definition) is 6. The molecule has 3 saturated heterocycles. The maximum atomic E-state index is 12.8. The van der Waals surface area contributed by atoms with Crippen LogP contribution in [-0.2, 0) is 22.5 Å². The van der Waals surface area contributed by atoms with E-state index in [0.29, 0.717) is 26.1 Å². The molecule has 0 spiro atoms. The van der Waals surface area contributed by atoms with E-state index in [4.69, 9.17) is 9.47 Å². The molecule has 37 heavy (non-hydrogen) atoms. The van der Waals surface area contributed by atoms with Crippen LogP contribution < -0.4 is 15.0 Å². The molecule has 0 unspecified atom stereocenters. The average Bonchev–Trinajstić information content (AvgIpc) is 3.36. The second-order valence-electron chi connectivity index (χ2n) is 9.83.